The third kappa shape index (κ3) is 6.24. The van der Waals surface area contributed by atoms with E-state index >= 15 is 0 Å². The van der Waals surface area contributed by atoms with Gasteiger partial charge in [0.2, 0.25) is 11.8 Å². The van der Waals surface area contributed by atoms with Gasteiger partial charge >= 0.3 is 0 Å². The fourth-order valence-corrected chi connectivity index (χ4v) is 3.07. The van der Waals surface area contributed by atoms with Crippen molar-refractivity contribution >= 4 is 17.5 Å². The lowest BCUT2D eigenvalue weighted by atomic mass is 10.0. The molecule has 0 aliphatic heterocycles. The molecule has 0 unspecified atom stereocenters. The van der Waals surface area contributed by atoms with Gasteiger partial charge in [0.1, 0.15) is 0 Å². The van der Waals surface area contributed by atoms with E-state index in [9.17, 15) is 9.59 Å². The number of anilines is 1. The molecule has 0 fully saturated rings. The molecule has 2 amide bonds. The Bertz CT molecular complexity index is 774. The molecule has 0 saturated heterocycles. The van der Waals surface area contributed by atoms with E-state index in [2.05, 4.69) is 31.3 Å². The highest BCUT2D eigenvalue weighted by atomic mass is 16.2. The minimum Gasteiger partial charge on any atom is -0.336 e. The number of likely N-dealkylation sites (N-methyl/N-ethyl adjacent to an activating group) is 1. The maximum Gasteiger partial charge on any atom is 0.243 e. The van der Waals surface area contributed by atoms with E-state index in [-0.39, 0.29) is 18.4 Å². The predicted molar refractivity (Wildman–Crippen MR) is 111 cm³/mol. The van der Waals surface area contributed by atoms with Crippen LogP contribution in [0.2, 0.25) is 0 Å². The van der Waals surface area contributed by atoms with E-state index < -0.39 is 0 Å². The van der Waals surface area contributed by atoms with Crippen LogP contribution in [0.1, 0.15) is 36.1 Å². The molecule has 0 atom stereocenters. The molecule has 2 aromatic rings. The van der Waals surface area contributed by atoms with Crippen molar-refractivity contribution in [2.24, 2.45) is 5.92 Å². The van der Waals surface area contributed by atoms with Crippen molar-refractivity contribution in [1.29, 1.82) is 0 Å². The number of aryl methyl sites for hydroxylation is 2. The first-order valence-electron chi connectivity index (χ1n) is 9.44. The summed E-state index contributed by atoms with van der Waals surface area (Å²) in [6, 6.07) is 14.0. The number of nitrogens with one attached hydrogen (secondary N) is 1. The van der Waals surface area contributed by atoms with Gasteiger partial charge in [-0.1, -0.05) is 56.3 Å². The van der Waals surface area contributed by atoms with Crippen LogP contribution in [-0.4, -0.2) is 30.3 Å². The fourth-order valence-electron chi connectivity index (χ4n) is 3.07. The average Bonchev–Trinajstić information content (AvgIpc) is 2.59. The summed E-state index contributed by atoms with van der Waals surface area (Å²) in [7, 11) is 1.67. The molecule has 144 valence electrons. The van der Waals surface area contributed by atoms with Gasteiger partial charge in [-0.3, -0.25) is 9.59 Å². The number of hydrogen-bond donors (Lipinski definition) is 1. The maximum absolute atomic E-state index is 12.4. The Hall–Kier alpha value is -2.62. The minimum absolute atomic E-state index is 0.0397. The Balaban J connectivity index is 1.90. The second kappa shape index (κ2) is 9.36. The Morgan fingerprint density at radius 2 is 1.52 bits per heavy atom. The van der Waals surface area contributed by atoms with Crippen LogP contribution in [0.4, 0.5) is 5.69 Å². The fraction of sp³-hybridized carbons (Fsp3) is 0.391. The molecule has 0 radical (unpaired) electrons. The summed E-state index contributed by atoms with van der Waals surface area (Å²) in [5, 5.41) is 2.92. The number of hydrogen-bond acceptors (Lipinski definition) is 2. The molecule has 4 nitrogen and oxygen atoms in total. The van der Waals surface area contributed by atoms with Crippen LogP contribution in [0.3, 0.4) is 0 Å². The number of nitrogens with zero attached hydrogens (tertiary/aromatic N) is 1. The van der Waals surface area contributed by atoms with Crippen LogP contribution < -0.4 is 5.32 Å². The summed E-state index contributed by atoms with van der Waals surface area (Å²) in [6.07, 6.45) is 1.34. The maximum atomic E-state index is 12.4. The SMILES string of the molecule is Cc1cccc(C)c1NC(=O)CN(C)C(=O)Cc1ccc(CC(C)C)cc1. The van der Waals surface area contributed by atoms with E-state index in [4.69, 9.17) is 0 Å². The molecule has 1 N–H and O–H groups in total. The van der Waals surface area contributed by atoms with Crippen molar-refractivity contribution in [2.75, 3.05) is 18.9 Å². The Morgan fingerprint density at radius 3 is 2.07 bits per heavy atom. The van der Waals surface area contributed by atoms with Crippen LogP contribution in [0.25, 0.3) is 0 Å². The second-order valence-corrected chi connectivity index (χ2v) is 7.66. The van der Waals surface area contributed by atoms with Gasteiger partial charge in [0.15, 0.2) is 0 Å². The van der Waals surface area contributed by atoms with Crippen LogP contribution >= 0.6 is 0 Å². The average molecular weight is 367 g/mol. The standard InChI is InChI=1S/C23H30N2O2/c1-16(2)13-19-9-11-20(12-10-19)14-22(27)25(5)15-21(26)24-23-17(3)7-6-8-18(23)4/h6-12,16H,13-15H2,1-5H3,(H,24,26). The molecule has 0 aromatic heterocycles. The van der Waals surface area contributed by atoms with Crippen molar-refractivity contribution in [3.05, 3.63) is 64.7 Å². The zero-order valence-corrected chi connectivity index (χ0v) is 17.0. The molecule has 2 rings (SSSR count). The number of benzene rings is 2. The Kier molecular flexibility index (Phi) is 7.17. The number of para-hydroxylation sites is 1. The zero-order valence-electron chi connectivity index (χ0n) is 17.0. The third-order valence-electron chi connectivity index (χ3n) is 4.57. The molecular weight excluding hydrogens is 336 g/mol. The normalized spacial score (nSPS) is 10.7. The zero-order chi connectivity index (χ0) is 20.0. The summed E-state index contributed by atoms with van der Waals surface area (Å²) in [5.74, 6) is 0.359. The van der Waals surface area contributed by atoms with Crippen molar-refractivity contribution in [2.45, 2.75) is 40.5 Å². The molecule has 0 saturated carbocycles. The molecular formula is C23H30N2O2. The first-order chi connectivity index (χ1) is 12.8. The van der Waals surface area contributed by atoms with Gasteiger partial charge < -0.3 is 10.2 Å². The summed E-state index contributed by atoms with van der Waals surface area (Å²) >= 11 is 0. The molecule has 0 bridgehead atoms. The van der Waals surface area contributed by atoms with Crippen molar-refractivity contribution in [3.8, 4) is 0 Å². The number of carbonyl (C=O) groups is 2. The molecule has 2 aromatic carbocycles. The van der Waals surface area contributed by atoms with E-state index in [0.29, 0.717) is 12.3 Å². The van der Waals surface area contributed by atoms with Crippen molar-refractivity contribution in [1.82, 2.24) is 4.90 Å². The quantitative estimate of drug-likeness (QED) is 0.800. The van der Waals surface area contributed by atoms with E-state index in [1.807, 2.05) is 44.2 Å². The minimum atomic E-state index is -0.185. The topological polar surface area (TPSA) is 49.4 Å². The predicted octanol–water partition coefficient (Wildman–Crippen LogP) is 4.14. The van der Waals surface area contributed by atoms with Gasteiger partial charge in [0.25, 0.3) is 0 Å². The summed E-state index contributed by atoms with van der Waals surface area (Å²) in [4.78, 5) is 26.2. The van der Waals surface area contributed by atoms with E-state index in [0.717, 1.165) is 28.8 Å². The molecule has 27 heavy (non-hydrogen) atoms. The molecule has 0 aliphatic rings. The van der Waals surface area contributed by atoms with E-state index in [1.165, 1.54) is 10.5 Å². The molecule has 0 spiro atoms. The lowest BCUT2D eigenvalue weighted by Gasteiger charge is -2.18. The van der Waals surface area contributed by atoms with Crippen molar-refractivity contribution in [3.63, 3.8) is 0 Å². The molecule has 0 aliphatic carbocycles. The molecule has 4 heteroatoms. The third-order valence-corrected chi connectivity index (χ3v) is 4.57. The van der Waals surface area contributed by atoms with Gasteiger partial charge in [-0.15, -0.1) is 0 Å². The van der Waals surface area contributed by atoms with Gasteiger partial charge in [-0.25, -0.2) is 0 Å². The largest absolute Gasteiger partial charge is 0.336 e. The number of rotatable bonds is 7. The summed E-state index contributed by atoms with van der Waals surface area (Å²) < 4.78 is 0. The Labute approximate surface area is 162 Å². The number of carbonyl (C=O) groups excluding carboxylic acids is 2. The van der Waals surface area contributed by atoms with Gasteiger partial charge in [0.05, 0.1) is 13.0 Å². The van der Waals surface area contributed by atoms with E-state index in [1.54, 1.807) is 7.05 Å². The summed E-state index contributed by atoms with van der Waals surface area (Å²) in [5.41, 5.74) is 5.10. The van der Waals surface area contributed by atoms with Crippen LogP contribution in [-0.2, 0) is 22.4 Å². The lowest BCUT2D eigenvalue weighted by molar-refractivity contribution is -0.132. The van der Waals surface area contributed by atoms with Crippen LogP contribution in [0, 0.1) is 19.8 Å². The number of amides is 2. The smallest absolute Gasteiger partial charge is 0.243 e. The lowest BCUT2D eigenvalue weighted by Crippen LogP contribution is -2.36. The van der Waals surface area contributed by atoms with Crippen molar-refractivity contribution < 1.29 is 9.59 Å². The van der Waals surface area contributed by atoms with Crippen LogP contribution in [0.15, 0.2) is 42.5 Å². The van der Waals surface area contributed by atoms with Gasteiger partial charge in [-0.2, -0.15) is 0 Å². The first-order valence-corrected chi connectivity index (χ1v) is 9.44. The van der Waals surface area contributed by atoms with Gasteiger partial charge in [-0.05, 0) is 48.4 Å². The van der Waals surface area contributed by atoms with Gasteiger partial charge in [0, 0.05) is 12.7 Å². The van der Waals surface area contributed by atoms with Crippen LogP contribution in [0.5, 0.6) is 0 Å². The first kappa shape index (κ1) is 20.7. The highest BCUT2D eigenvalue weighted by Gasteiger charge is 2.15. The molecule has 0 heterocycles. The Morgan fingerprint density at radius 1 is 0.963 bits per heavy atom. The monoisotopic (exact) mass is 366 g/mol. The highest BCUT2D eigenvalue weighted by molar-refractivity contribution is 5.95. The second-order valence-electron chi connectivity index (χ2n) is 7.66. The highest BCUT2D eigenvalue weighted by Crippen LogP contribution is 2.19. The summed E-state index contributed by atoms with van der Waals surface area (Å²) in [6.45, 7) is 8.34.